The zero-order valence-electron chi connectivity index (χ0n) is 5.99. The van der Waals surface area contributed by atoms with E-state index in [-0.39, 0.29) is 0 Å². The Kier molecular flexibility index (Phi) is 1.78. The zero-order valence-corrected chi connectivity index (χ0v) is 6.80. The first-order chi connectivity index (χ1) is 5.47. The van der Waals surface area contributed by atoms with Crippen LogP contribution in [0, 0.1) is 0 Å². The molecule has 0 N–H and O–H groups in total. The Balaban J connectivity index is 2.29. The number of thiophene rings is 1. The summed E-state index contributed by atoms with van der Waals surface area (Å²) in [5, 5.41) is 4.14. The third kappa shape index (κ3) is 1.35. The van der Waals surface area contributed by atoms with E-state index in [0.29, 0.717) is 6.61 Å². The largest absolute Gasteiger partial charge is 0.489 e. The van der Waals surface area contributed by atoms with E-state index in [0.717, 1.165) is 5.76 Å². The van der Waals surface area contributed by atoms with Gasteiger partial charge in [-0.3, -0.25) is 0 Å². The monoisotopic (exact) mass is 164 g/mol. The smallest absolute Gasteiger partial charge is 0.127 e. The zero-order chi connectivity index (χ0) is 7.52. The van der Waals surface area contributed by atoms with Crippen molar-refractivity contribution in [2.75, 3.05) is 6.61 Å². The second-order valence-electron chi connectivity index (χ2n) is 2.28. The summed E-state index contributed by atoms with van der Waals surface area (Å²) in [6.07, 6.45) is 6.01. The molecular weight excluding hydrogens is 156 g/mol. The van der Waals surface area contributed by atoms with E-state index in [1.165, 1.54) is 5.56 Å². The first kappa shape index (κ1) is 6.68. The van der Waals surface area contributed by atoms with Crippen molar-refractivity contribution in [1.29, 1.82) is 0 Å². The lowest BCUT2D eigenvalue weighted by molar-refractivity contribution is 0.316. The van der Waals surface area contributed by atoms with Crippen LogP contribution in [0.15, 0.2) is 35.1 Å². The fourth-order valence-corrected chi connectivity index (χ4v) is 1.63. The summed E-state index contributed by atoms with van der Waals surface area (Å²) in [7, 11) is 0. The Morgan fingerprint density at radius 2 is 2.45 bits per heavy atom. The molecule has 1 aromatic rings. The summed E-state index contributed by atoms with van der Waals surface area (Å²) in [5.74, 6) is 0.980. The summed E-state index contributed by atoms with van der Waals surface area (Å²) in [5.41, 5.74) is 1.18. The first-order valence-corrected chi connectivity index (χ1v) is 4.43. The molecule has 0 aliphatic carbocycles. The normalized spacial score (nSPS) is 15.8. The molecule has 0 saturated carbocycles. The molecular formula is C9H8OS. The van der Waals surface area contributed by atoms with E-state index in [1.54, 1.807) is 11.3 Å². The fraction of sp³-hybridized carbons (Fsp3) is 0.111. The topological polar surface area (TPSA) is 9.23 Å². The van der Waals surface area contributed by atoms with Crippen LogP contribution in [0.3, 0.4) is 0 Å². The average molecular weight is 164 g/mol. The molecule has 1 nitrogen and oxygen atoms in total. The van der Waals surface area contributed by atoms with Gasteiger partial charge >= 0.3 is 0 Å². The van der Waals surface area contributed by atoms with E-state index < -0.39 is 0 Å². The maximum absolute atomic E-state index is 5.40. The van der Waals surface area contributed by atoms with E-state index in [4.69, 9.17) is 4.74 Å². The Morgan fingerprint density at radius 1 is 1.45 bits per heavy atom. The number of allylic oxidation sites excluding steroid dienone is 2. The molecule has 0 bridgehead atoms. The third-order valence-corrected chi connectivity index (χ3v) is 2.21. The van der Waals surface area contributed by atoms with Gasteiger partial charge in [-0.05, 0) is 23.6 Å². The molecule has 0 atom stereocenters. The van der Waals surface area contributed by atoms with Crippen LogP contribution in [0.5, 0.6) is 0 Å². The van der Waals surface area contributed by atoms with Crippen LogP contribution in [0.4, 0.5) is 0 Å². The lowest BCUT2D eigenvalue weighted by atomic mass is 10.2. The molecule has 0 fully saturated rings. The van der Waals surface area contributed by atoms with Gasteiger partial charge in [-0.15, -0.1) is 0 Å². The Hall–Kier alpha value is -1.02. The summed E-state index contributed by atoms with van der Waals surface area (Å²) in [6.45, 7) is 0.696. The maximum Gasteiger partial charge on any atom is 0.127 e. The summed E-state index contributed by atoms with van der Waals surface area (Å²) in [6, 6.07) is 2.07. The highest BCUT2D eigenvalue weighted by Crippen LogP contribution is 2.20. The van der Waals surface area contributed by atoms with Crippen molar-refractivity contribution in [3.8, 4) is 0 Å². The fourth-order valence-electron chi connectivity index (χ4n) is 0.981. The highest BCUT2D eigenvalue weighted by Gasteiger charge is 2.02. The number of hydrogen-bond acceptors (Lipinski definition) is 2. The van der Waals surface area contributed by atoms with Gasteiger partial charge in [0.25, 0.3) is 0 Å². The Labute approximate surface area is 69.6 Å². The quantitative estimate of drug-likeness (QED) is 0.620. The molecule has 2 heterocycles. The van der Waals surface area contributed by atoms with Gasteiger partial charge in [0.05, 0.1) is 0 Å². The standard InChI is InChI=1S/C9H8OS/c1-2-5-10-9(3-1)8-4-6-11-7-8/h1-4,6-7H,5H2. The molecule has 0 aromatic carbocycles. The predicted molar refractivity (Wildman–Crippen MR) is 47.4 cm³/mol. The number of rotatable bonds is 1. The molecule has 2 heteroatoms. The van der Waals surface area contributed by atoms with Crippen LogP contribution in [-0.4, -0.2) is 6.61 Å². The Bertz CT molecular complexity index is 283. The second kappa shape index (κ2) is 2.93. The van der Waals surface area contributed by atoms with Crippen LogP contribution < -0.4 is 0 Å². The van der Waals surface area contributed by atoms with Gasteiger partial charge in [-0.25, -0.2) is 0 Å². The molecule has 11 heavy (non-hydrogen) atoms. The first-order valence-electron chi connectivity index (χ1n) is 3.49. The van der Waals surface area contributed by atoms with Crippen molar-refractivity contribution in [2.24, 2.45) is 0 Å². The van der Waals surface area contributed by atoms with E-state index in [1.807, 2.05) is 18.2 Å². The van der Waals surface area contributed by atoms with Crippen LogP contribution in [0.25, 0.3) is 5.76 Å². The summed E-state index contributed by atoms with van der Waals surface area (Å²) >= 11 is 1.69. The van der Waals surface area contributed by atoms with Gasteiger partial charge in [0.1, 0.15) is 12.4 Å². The lowest BCUT2D eigenvalue weighted by Crippen LogP contribution is -1.93. The molecule has 1 aromatic heterocycles. The van der Waals surface area contributed by atoms with Gasteiger partial charge in [0, 0.05) is 10.9 Å². The number of ether oxygens (including phenoxy) is 1. The van der Waals surface area contributed by atoms with Gasteiger partial charge < -0.3 is 4.74 Å². The van der Waals surface area contributed by atoms with Crippen molar-refractivity contribution in [3.05, 3.63) is 40.6 Å². The Morgan fingerprint density at radius 3 is 3.09 bits per heavy atom. The van der Waals surface area contributed by atoms with Crippen LogP contribution in [0.1, 0.15) is 5.56 Å². The predicted octanol–water partition coefficient (Wildman–Crippen LogP) is 2.68. The van der Waals surface area contributed by atoms with Gasteiger partial charge in [-0.1, -0.05) is 6.08 Å². The average Bonchev–Trinajstić information content (AvgIpc) is 2.58. The number of hydrogen-bond donors (Lipinski definition) is 0. The minimum Gasteiger partial charge on any atom is -0.489 e. The van der Waals surface area contributed by atoms with Crippen molar-refractivity contribution in [2.45, 2.75) is 0 Å². The molecule has 2 rings (SSSR count). The van der Waals surface area contributed by atoms with Crippen molar-refractivity contribution >= 4 is 17.1 Å². The lowest BCUT2D eigenvalue weighted by Gasteiger charge is -2.08. The molecule has 1 aliphatic heterocycles. The highest BCUT2D eigenvalue weighted by atomic mass is 32.1. The van der Waals surface area contributed by atoms with E-state index in [2.05, 4.69) is 16.8 Å². The summed E-state index contributed by atoms with van der Waals surface area (Å²) < 4.78 is 5.40. The van der Waals surface area contributed by atoms with Crippen molar-refractivity contribution < 1.29 is 4.74 Å². The van der Waals surface area contributed by atoms with Crippen LogP contribution >= 0.6 is 11.3 Å². The van der Waals surface area contributed by atoms with Gasteiger partial charge in [0.15, 0.2) is 0 Å². The summed E-state index contributed by atoms with van der Waals surface area (Å²) in [4.78, 5) is 0. The molecule has 0 unspecified atom stereocenters. The van der Waals surface area contributed by atoms with Crippen LogP contribution in [0.2, 0.25) is 0 Å². The van der Waals surface area contributed by atoms with Crippen molar-refractivity contribution in [3.63, 3.8) is 0 Å². The third-order valence-electron chi connectivity index (χ3n) is 1.52. The van der Waals surface area contributed by atoms with Crippen LogP contribution in [-0.2, 0) is 4.74 Å². The molecule has 0 radical (unpaired) electrons. The van der Waals surface area contributed by atoms with Gasteiger partial charge in [-0.2, -0.15) is 11.3 Å². The molecule has 0 amide bonds. The van der Waals surface area contributed by atoms with E-state index in [9.17, 15) is 0 Å². The maximum atomic E-state index is 5.40. The minimum atomic E-state index is 0.696. The SMILES string of the molecule is C1=CCOC(c2ccsc2)=C1. The minimum absolute atomic E-state index is 0.696. The van der Waals surface area contributed by atoms with E-state index >= 15 is 0 Å². The van der Waals surface area contributed by atoms with Crippen molar-refractivity contribution in [1.82, 2.24) is 0 Å². The molecule has 0 spiro atoms. The highest BCUT2D eigenvalue weighted by molar-refractivity contribution is 7.08. The molecule has 1 aliphatic rings. The molecule has 56 valence electrons. The second-order valence-corrected chi connectivity index (χ2v) is 3.06. The molecule has 0 saturated heterocycles. The van der Waals surface area contributed by atoms with Gasteiger partial charge in [0.2, 0.25) is 0 Å².